The Morgan fingerprint density at radius 1 is 1.16 bits per heavy atom. The minimum Gasteiger partial charge on any atom is -0.507 e. The van der Waals surface area contributed by atoms with Crippen molar-refractivity contribution in [1.82, 2.24) is 0 Å². The van der Waals surface area contributed by atoms with Crippen molar-refractivity contribution in [2.45, 2.75) is 18.8 Å². The summed E-state index contributed by atoms with van der Waals surface area (Å²) >= 11 is 0. The number of hydrogen-bond donors (Lipinski definition) is 1. The number of hydrogen-bond acceptors (Lipinski definition) is 9. The van der Waals surface area contributed by atoms with Gasteiger partial charge in [0.05, 0.1) is 11.1 Å². The Hall–Kier alpha value is -2.68. The second-order valence-corrected chi connectivity index (χ2v) is 9.68. The third-order valence-corrected chi connectivity index (χ3v) is 7.54. The van der Waals surface area contributed by atoms with Crippen LogP contribution >= 0.6 is 7.60 Å². The van der Waals surface area contributed by atoms with E-state index in [2.05, 4.69) is 0 Å². The third kappa shape index (κ3) is 3.52. The van der Waals surface area contributed by atoms with E-state index in [0.717, 1.165) is 14.2 Å². The summed E-state index contributed by atoms with van der Waals surface area (Å²) in [4.78, 5) is 39.5. The zero-order chi connectivity index (χ0) is 23.2. The average molecular weight is 460 g/mol. The number of aromatic hydroxyl groups is 1. The molecule has 0 saturated carbocycles. The van der Waals surface area contributed by atoms with Crippen LogP contribution in [0.25, 0.3) is 10.8 Å². The Morgan fingerprint density at radius 2 is 1.84 bits per heavy atom. The van der Waals surface area contributed by atoms with Gasteiger partial charge in [-0.3, -0.25) is 18.9 Å². The lowest BCUT2D eigenvalue weighted by Crippen LogP contribution is -2.43. The fourth-order valence-corrected chi connectivity index (χ4v) is 5.05. The van der Waals surface area contributed by atoms with Gasteiger partial charge >= 0.3 is 7.60 Å². The predicted octanol–water partition coefficient (Wildman–Crippen LogP) is 3.04. The van der Waals surface area contributed by atoms with Crippen LogP contribution < -0.4 is 0 Å². The zero-order valence-electron chi connectivity index (χ0n) is 17.6. The standard InChI is InChI=1S/C22H21O9P/c1-28-22-18-14(9-16(31-22)15(23)10-32(27,29-2)30-3)20(25)17-13(21(18)26)8-11-6-4-5-7-12(11)19(17)24/h4-8,16,22,24H,9-10H2,1-3H3. The highest BCUT2D eigenvalue weighted by Gasteiger charge is 2.45. The molecule has 0 spiro atoms. The molecule has 0 aromatic heterocycles. The summed E-state index contributed by atoms with van der Waals surface area (Å²) in [5.74, 6) is -2.02. The van der Waals surface area contributed by atoms with Crippen molar-refractivity contribution in [2.75, 3.05) is 27.5 Å². The minimum absolute atomic E-state index is 0.00889. The van der Waals surface area contributed by atoms with Gasteiger partial charge in [-0.15, -0.1) is 0 Å². The average Bonchev–Trinajstić information content (AvgIpc) is 2.81. The first kappa shape index (κ1) is 22.5. The molecule has 1 aliphatic heterocycles. The van der Waals surface area contributed by atoms with Crippen LogP contribution in [0.1, 0.15) is 27.1 Å². The molecule has 4 rings (SSSR count). The fourth-order valence-electron chi connectivity index (χ4n) is 4.05. The molecule has 0 fully saturated rings. The van der Waals surface area contributed by atoms with Gasteiger partial charge in [-0.25, -0.2) is 0 Å². The molecule has 1 heterocycles. The molecular weight excluding hydrogens is 439 g/mol. The number of ketones is 3. The number of Topliss-reactive ketones (excluding diaryl/α,β-unsaturated/α-hetero) is 3. The fraction of sp³-hybridized carbons (Fsp3) is 0.318. The second kappa shape index (κ2) is 8.35. The van der Waals surface area contributed by atoms with Gasteiger partial charge < -0.3 is 23.6 Å². The molecular formula is C22H21O9P. The van der Waals surface area contributed by atoms with Crippen LogP contribution in [0.15, 0.2) is 41.5 Å². The number of carbonyl (C=O) groups is 3. The molecule has 9 nitrogen and oxygen atoms in total. The number of ether oxygens (including phenoxy) is 2. The number of benzene rings is 2. The van der Waals surface area contributed by atoms with Gasteiger partial charge in [-0.2, -0.15) is 0 Å². The first-order valence-corrected chi connectivity index (χ1v) is 11.5. The van der Waals surface area contributed by atoms with Gasteiger partial charge in [0.25, 0.3) is 0 Å². The highest BCUT2D eigenvalue weighted by Crippen LogP contribution is 2.47. The molecule has 2 aliphatic rings. The molecule has 2 unspecified atom stereocenters. The van der Waals surface area contributed by atoms with Crippen LogP contribution in [0.4, 0.5) is 0 Å². The molecule has 1 aliphatic carbocycles. The van der Waals surface area contributed by atoms with E-state index in [9.17, 15) is 24.1 Å². The largest absolute Gasteiger partial charge is 0.507 e. The maximum atomic E-state index is 13.4. The van der Waals surface area contributed by atoms with E-state index in [1.54, 1.807) is 30.3 Å². The Balaban J connectivity index is 1.78. The number of rotatable bonds is 6. The van der Waals surface area contributed by atoms with E-state index < -0.39 is 43.5 Å². The first-order valence-electron chi connectivity index (χ1n) is 9.73. The van der Waals surface area contributed by atoms with Crippen LogP contribution in [0, 0.1) is 0 Å². The molecule has 0 saturated heterocycles. The Kier molecular flexibility index (Phi) is 5.87. The lowest BCUT2D eigenvalue weighted by Gasteiger charge is -2.34. The van der Waals surface area contributed by atoms with Crippen molar-refractivity contribution in [3.05, 3.63) is 52.6 Å². The molecule has 2 aromatic rings. The highest BCUT2D eigenvalue weighted by atomic mass is 31.2. The lowest BCUT2D eigenvalue weighted by molar-refractivity contribution is -0.158. The molecule has 2 aromatic carbocycles. The molecule has 0 bridgehead atoms. The summed E-state index contributed by atoms with van der Waals surface area (Å²) in [5.41, 5.74) is -0.0573. The highest BCUT2D eigenvalue weighted by molar-refractivity contribution is 7.54. The zero-order valence-corrected chi connectivity index (χ0v) is 18.5. The SMILES string of the molecule is COC1OC(C(=O)CP(=O)(OC)OC)CC2=C1C(=O)c1cc3ccccc3c(O)c1C2=O. The molecule has 168 valence electrons. The normalized spacial score (nSPS) is 21.0. The number of carbonyl (C=O) groups excluding carboxylic acids is 3. The number of methoxy groups -OCH3 is 1. The second-order valence-electron chi connectivity index (χ2n) is 7.42. The monoisotopic (exact) mass is 460 g/mol. The van der Waals surface area contributed by atoms with Gasteiger partial charge in [0, 0.05) is 44.3 Å². The van der Waals surface area contributed by atoms with E-state index in [1.807, 2.05) is 0 Å². The summed E-state index contributed by atoms with van der Waals surface area (Å²) in [6.07, 6.45) is -3.30. The third-order valence-electron chi connectivity index (χ3n) is 5.73. The van der Waals surface area contributed by atoms with Crippen LogP contribution in [-0.4, -0.2) is 62.3 Å². The van der Waals surface area contributed by atoms with Crippen molar-refractivity contribution in [3.63, 3.8) is 0 Å². The molecule has 32 heavy (non-hydrogen) atoms. The van der Waals surface area contributed by atoms with Crippen molar-refractivity contribution in [2.24, 2.45) is 0 Å². The predicted molar refractivity (Wildman–Crippen MR) is 113 cm³/mol. The maximum absolute atomic E-state index is 13.4. The summed E-state index contributed by atoms with van der Waals surface area (Å²) < 4.78 is 32.9. The van der Waals surface area contributed by atoms with Crippen molar-refractivity contribution < 1.29 is 42.6 Å². The summed E-state index contributed by atoms with van der Waals surface area (Å²) in [6, 6.07) is 8.38. The van der Waals surface area contributed by atoms with Gasteiger partial charge in [0.2, 0.25) is 0 Å². The van der Waals surface area contributed by atoms with Crippen molar-refractivity contribution in [3.8, 4) is 5.75 Å². The molecule has 1 N–H and O–H groups in total. The first-order chi connectivity index (χ1) is 15.2. The van der Waals surface area contributed by atoms with Crippen LogP contribution in [0.3, 0.4) is 0 Å². The van der Waals surface area contributed by atoms with E-state index in [0.29, 0.717) is 10.8 Å². The van der Waals surface area contributed by atoms with Gasteiger partial charge in [0.15, 0.2) is 23.6 Å². The van der Waals surface area contributed by atoms with Crippen molar-refractivity contribution >= 4 is 35.7 Å². The summed E-state index contributed by atoms with van der Waals surface area (Å²) in [7, 11) is -0.0665. The smallest absolute Gasteiger partial charge is 0.337 e. The number of phenols is 1. The minimum atomic E-state index is -3.66. The summed E-state index contributed by atoms with van der Waals surface area (Å²) in [5, 5.41) is 11.8. The van der Waals surface area contributed by atoms with Gasteiger partial charge in [0.1, 0.15) is 18.0 Å². The molecule has 2 atom stereocenters. The van der Waals surface area contributed by atoms with Gasteiger partial charge in [-0.1, -0.05) is 24.3 Å². The maximum Gasteiger partial charge on any atom is 0.337 e. The quantitative estimate of drug-likeness (QED) is 0.648. The van der Waals surface area contributed by atoms with E-state index in [4.69, 9.17) is 18.5 Å². The number of fused-ring (bicyclic) bond motifs is 2. The van der Waals surface area contributed by atoms with Crippen LogP contribution in [0.2, 0.25) is 0 Å². The molecule has 0 radical (unpaired) electrons. The Morgan fingerprint density at radius 3 is 2.50 bits per heavy atom. The van der Waals surface area contributed by atoms with E-state index in [-0.39, 0.29) is 34.4 Å². The molecule has 10 heteroatoms. The van der Waals surface area contributed by atoms with Crippen LogP contribution in [0.5, 0.6) is 5.75 Å². The topological polar surface area (TPSA) is 125 Å². The van der Waals surface area contributed by atoms with Gasteiger partial charge in [-0.05, 0) is 11.5 Å². The van der Waals surface area contributed by atoms with E-state index in [1.165, 1.54) is 7.11 Å². The Bertz CT molecular complexity index is 1220. The summed E-state index contributed by atoms with van der Waals surface area (Å²) in [6.45, 7) is 0. The Labute approximate surface area is 183 Å². The lowest BCUT2D eigenvalue weighted by atomic mass is 9.78. The van der Waals surface area contributed by atoms with Crippen LogP contribution in [-0.2, 0) is 27.9 Å². The number of phenolic OH excluding ortho intramolecular Hbond substituents is 1. The van der Waals surface area contributed by atoms with E-state index >= 15 is 0 Å². The van der Waals surface area contributed by atoms with Crippen molar-refractivity contribution in [1.29, 1.82) is 0 Å². The molecule has 0 amide bonds.